The number of rotatable bonds is 11. The van der Waals surface area contributed by atoms with Crippen LogP contribution in [0, 0.1) is 5.41 Å². The third-order valence-electron chi connectivity index (χ3n) is 4.25. The monoisotopic (exact) mass is 389 g/mol. The van der Waals surface area contributed by atoms with Crippen molar-refractivity contribution in [1.82, 2.24) is 5.32 Å². The minimum atomic E-state index is -1.17. The molecule has 8 nitrogen and oxygen atoms in total. The first-order valence-corrected chi connectivity index (χ1v) is 8.91. The normalized spacial score (nSPS) is 12.0. The molecule has 28 heavy (non-hydrogen) atoms. The average Bonchev–Trinajstić information content (AvgIpc) is 2.66. The summed E-state index contributed by atoms with van der Waals surface area (Å²) in [6, 6.07) is 5.54. The molecule has 0 radical (unpaired) electrons. The second-order valence-corrected chi connectivity index (χ2v) is 6.93. The molecule has 0 fully saturated rings. The summed E-state index contributed by atoms with van der Waals surface area (Å²) in [6.07, 6.45) is 1.54. The van der Waals surface area contributed by atoms with E-state index in [1.807, 2.05) is 0 Å². The number of hydrogen-bond acceptors (Lipinski definition) is 5. The minimum absolute atomic E-state index is 0.0169. The summed E-state index contributed by atoms with van der Waals surface area (Å²) in [5.41, 5.74) is 5.29. The van der Waals surface area contributed by atoms with Gasteiger partial charge in [-0.1, -0.05) is 18.2 Å². The van der Waals surface area contributed by atoms with E-state index in [4.69, 9.17) is 10.8 Å². The van der Waals surface area contributed by atoms with Gasteiger partial charge in [-0.25, -0.2) is 0 Å². The van der Waals surface area contributed by atoms with Crippen LogP contribution < -0.4 is 16.4 Å². The van der Waals surface area contributed by atoms with Crippen molar-refractivity contribution in [2.45, 2.75) is 39.2 Å². The van der Waals surface area contributed by atoms with Gasteiger partial charge in [-0.2, -0.15) is 0 Å². The number of Topliss-reactive ketones (excluding diaryl/α,β-unsaturated/α-hetero) is 1. The smallest absolute Gasteiger partial charge is 0.320 e. The molecule has 0 saturated heterocycles. The Labute approximate surface area is 164 Å². The van der Waals surface area contributed by atoms with Crippen LogP contribution in [0.3, 0.4) is 0 Å². The Hall–Kier alpha value is -3.00. The molecule has 0 aliphatic carbocycles. The van der Waals surface area contributed by atoms with Crippen molar-refractivity contribution in [2.24, 2.45) is 11.1 Å². The number of anilines is 1. The van der Waals surface area contributed by atoms with Crippen molar-refractivity contribution >= 4 is 29.3 Å². The number of ketones is 1. The molecular weight excluding hydrogens is 362 g/mol. The molecule has 2 amide bonds. The topological polar surface area (TPSA) is 139 Å². The first-order chi connectivity index (χ1) is 13.1. The maximum atomic E-state index is 12.5. The first kappa shape index (κ1) is 23.0. The van der Waals surface area contributed by atoms with Gasteiger partial charge in [-0.05, 0) is 32.4 Å². The number of carboxylic acids is 1. The van der Waals surface area contributed by atoms with Crippen LogP contribution in [0.15, 0.2) is 36.9 Å². The summed E-state index contributed by atoms with van der Waals surface area (Å²) >= 11 is 0. The number of benzene rings is 1. The Morgan fingerprint density at radius 1 is 1.21 bits per heavy atom. The minimum Gasteiger partial charge on any atom is -0.480 e. The van der Waals surface area contributed by atoms with Gasteiger partial charge in [0.25, 0.3) is 0 Å². The maximum Gasteiger partial charge on any atom is 0.320 e. The molecular formula is C20H27N3O5. The number of nitrogens with two attached hydrogens (primary N) is 1. The Bertz CT molecular complexity index is 758. The second kappa shape index (κ2) is 10.4. The van der Waals surface area contributed by atoms with E-state index in [-0.39, 0.29) is 43.4 Å². The fourth-order valence-corrected chi connectivity index (χ4v) is 2.16. The van der Waals surface area contributed by atoms with Gasteiger partial charge in [0.1, 0.15) is 6.04 Å². The van der Waals surface area contributed by atoms with Crippen molar-refractivity contribution < 1.29 is 24.3 Å². The third kappa shape index (κ3) is 6.96. The first-order valence-electron chi connectivity index (χ1n) is 8.91. The molecule has 0 aliphatic rings. The summed E-state index contributed by atoms with van der Waals surface area (Å²) in [4.78, 5) is 47.1. The van der Waals surface area contributed by atoms with E-state index < -0.39 is 17.4 Å². The van der Waals surface area contributed by atoms with E-state index >= 15 is 0 Å². The highest BCUT2D eigenvalue weighted by Gasteiger charge is 2.25. The van der Waals surface area contributed by atoms with Crippen LogP contribution in [-0.4, -0.2) is 41.3 Å². The van der Waals surface area contributed by atoms with Gasteiger partial charge < -0.3 is 21.5 Å². The van der Waals surface area contributed by atoms with Crippen molar-refractivity contribution in [2.75, 3.05) is 11.9 Å². The van der Waals surface area contributed by atoms with Crippen molar-refractivity contribution in [1.29, 1.82) is 0 Å². The number of hydrogen-bond donors (Lipinski definition) is 4. The van der Waals surface area contributed by atoms with E-state index in [1.54, 1.807) is 38.1 Å². The number of amides is 2. The lowest BCUT2D eigenvalue weighted by Gasteiger charge is -2.20. The molecule has 0 aliphatic heterocycles. The van der Waals surface area contributed by atoms with Crippen LogP contribution in [0.5, 0.6) is 0 Å². The highest BCUT2D eigenvalue weighted by Crippen LogP contribution is 2.22. The van der Waals surface area contributed by atoms with Crippen molar-refractivity contribution in [3.63, 3.8) is 0 Å². The molecule has 152 valence electrons. The summed E-state index contributed by atoms with van der Waals surface area (Å²) < 4.78 is 0. The van der Waals surface area contributed by atoms with Gasteiger partial charge in [0.05, 0.1) is 11.1 Å². The van der Waals surface area contributed by atoms with Gasteiger partial charge in [-0.3, -0.25) is 19.2 Å². The van der Waals surface area contributed by atoms with E-state index in [2.05, 4.69) is 17.2 Å². The van der Waals surface area contributed by atoms with Gasteiger partial charge in [0, 0.05) is 24.9 Å². The Balaban J connectivity index is 2.61. The van der Waals surface area contributed by atoms with E-state index in [9.17, 15) is 19.2 Å². The number of nitrogens with one attached hydrogen (secondary N) is 2. The summed E-state index contributed by atoms with van der Waals surface area (Å²) in [7, 11) is 0. The molecule has 0 spiro atoms. The molecule has 1 aromatic rings. The Morgan fingerprint density at radius 2 is 1.86 bits per heavy atom. The molecule has 0 heterocycles. The molecule has 1 rings (SSSR count). The SMILES string of the molecule is C=CC(C)(C)C(=O)Nc1ccccc1C(=O)CCNC(=O)CC[C@H](N)C(=O)O. The van der Waals surface area contributed by atoms with Crippen LogP contribution >= 0.6 is 0 Å². The van der Waals surface area contributed by atoms with E-state index in [0.29, 0.717) is 11.3 Å². The zero-order valence-electron chi connectivity index (χ0n) is 16.2. The standard InChI is InChI=1S/C20H27N3O5/c1-4-20(2,3)19(28)23-15-8-6-5-7-13(15)16(24)11-12-22-17(25)10-9-14(21)18(26)27/h4-8,14H,1,9-12,21H2,2-3H3,(H,22,25)(H,23,28)(H,26,27)/t14-/m0/s1. The Morgan fingerprint density at radius 3 is 2.46 bits per heavy atom. The number of para-hydroxylation sites is 1. The van der Waals surface area contributed by atoms with Crippen molar-refractivity contribution in [3.05, 3.63) is 42.5 Å². The second-order valence-electron chi connectivity index (χ2n) is 6.93. The lowest BCUT2D eigenvalue weighted by Crippen LogP contribution is -2.33. The molecule has 1 atom stereocenters. The Kier molecular flexibility index (Phi) is 8.53. The lowest BCUT2D eigenvalue weighted by molar-refractivity contribution is -0.138. The highest BCUT2D eigenvalue weighted by molar-refractivity contribution is 6.06. The molecule has 0 bridgehead atoms. The highest BCUT2D eigenvalue weighted by atomic mass is 16.4. The molecule has 0 aromatic heterocycles. The van der Waals surface area contributed by atoms with Crippen molar-refractivity contribution in [3.8, 4) is 0 Å². The quantitative estimate of drug-likeness (QED) is 0.336. The lowest BCUT2D eigenvalue weighted by atomic mass is 9.92. The fraction of sp³-hybridized carbons (Fsp3) is 0.400. The zero-order chi connectivity index (χ0) is 21.3. The van der Waals surface area contributed by atoms with Gasteiger partial charge in [0.15, 0.2) is 5.78 Å². The van der Waals surface area contributed by atoms with Gasteiger partial charge in [0.2, 0.25) is 11.8 Å². The van der Waals surface area contributed by atoms with Crippen LogP contribution in [0.2, 0.25) is 0 Å². The van der Waals surface area contributed by atoms with Crippen LogP contribution in [0.1, 0.15) is 43.5 Å². The van der Waals surface area contributed by atoms with Gasteiger partial charge in [-0.15, -0.1) is 6.58 Å². The third-order valence-corrected chi connectivity index (χ3v) is 4.25. The number of carbonyl (C=O) groups excluding carboxylic acids is 3. The molecule has 0 saturated carbocycles. The summed E-state index contributed by atoms with van der Waals surface area (Å²) in [5, 5.41) is 14.0. The van der Waals surface area contributed by atoms with E-state index in [1.165, 1.54) is 6.08 Å². The number of carboxylic acid groups (broad SMARTS) is 1. The fourth-order valence-electron chi connectivity index (χ4n) is 2.16. The van der Waals surface area contributed by atoms with Crippen LogP contribution in [-0.2, 0) is 14.4 Å². The number of aliphatic carboxylic acids is 1. The predicted octanol–water partition coefficient (Wildman–Crippen LogP) is 1.72. The largest absolute Gasteiger partial charge is 0.480 e. The molecule has 8 heteroatoms. The zero-order valence-corrected chi connectivity index (χ0v) is 16.2. The molecule has 1 aromatic carbocycles. The molecule has 5 N–H and O–H groups in total. The maximum absolute atomic E-state index is 12.5. The van der Waals surface area contributed by atoms with Crippen LogP contribution in [0.25, 0.3) is 0 Å². The van der Waals surface area contributed by atoms with Crippen LogP contribution in [0.4, 0.5) is 5.69 Å². The van der Waals surface area contributed by atoms with Gasteiger partial charge >= 0.3 is 5.97 Å². The predicted molar refractivity (Wildman–Crippen MR) is 106 cm³/mol. The number of carbonyl (C=O) groups is 4. The summed E-state index contributed by atoms with van der Waals surface area (Å²) in [6.45, 7) is 7.16. The summed E-state index contributed by atoms with van der Waals surface area (Å²) in [5.74, 6) is -2.07. The van der Waals surface area contributed by atoms with E-state index in [0.717, 1.165) is 0 Å². The average molecular weight is 389 g/mol. The molecule has 0 unspecified atom stereocenters.